The average molecular weight is 465 g/mol. The number of nitrogens with zero attached hydrogens (tertiary/aromatic N) is 1. The Morgan fingerprint density at radius 3 is 2.00 bits per heavy atom. The number of thiophene rings is 1. The van der Waals surface area contributed by atoms with Crippen molar-refractivity contribution in [2.45, 2.75) is 26.2 Å². The molecule has 2 aromatic carbocycles. The van der Waals surface area contributed by atoms with Gasteiger partial charge in [0.2, 0.25) is 5.91 Å². The maximum Gasteiger partial charge on any atom is 0.341 e. The summed E-state index contributed by atoms with van der Waals surface area (Å²) in [5, 5.41) is 3.22. The first kappa shape index (κ1) is 24.2. The molecule has 0 bridgehead atoms. The van der Waals surface area contributed by atoms with E-state index in [1.54, 1.807) is 27.9 Å². The van der Waals surface area contributed by atoms with E-state index in [0.29, 0.717) is 15.4 Å². The fourth-order valence-corrected chi connectivity index (χ4v) is 4.85. The van der Waals surface area contributed by atoms with Gasteiger partial charge in [0, 0.05) is 26.4 Å². The van der Waals surface area contributed by atoms with Crippen LogP contribution in [0.2, 0.25) is 0 Å². The number of carbonyl (C=O) groups excluding carboxylic acids is 3. The van der Waals surface area contributed by atoms with E-state index in [0.717, 1.165) is 22.5 Å². The fourth-order valence-electron chi connectivity index (χ4n) is 3.62. The first-order chi connectivity index (χ1) is 15.8. The van der Waals surface area contributed by atoms with Crippen molar-refractivity contribution in [2.24, 2.45) is 0 Å². The third kappa shape index (κ3) is 5.68. The van der Waals surface area contributed by atoms with Gasteiger partial charge in [0.1, 0.15) is 5.00 Å². The highest BCUT2D eigenvalue weighted by Crippen LogP contribution is 2.35. The summed E-state index contributed by atoms with van der Waals surface area (Å²) in [5.74, 6) is -1.18. The van der Waals surface area contributed by atoms with Crippen LogP contribution >= 0.6 is 11.3 Å². The zero-order valence-electron chi connectivity index (χ0n) is 19.3. The number of nitrogens with one attached hydrogen (secondary N) is 1. The largest absolute Gasteiger partial charge is 0.462 e. The van der Waals surface area contributed by atoms with E-state index in [1.807, 2.05) is 60.7 Å². The number of anilines is 1. The summed E-state index contributed by atoms with van der Waals surface area (Å²) in [6.45, 7) is 3.61. The zero-order chi connectivity index (χ0) is 24.0. The SMILES string of the molecule is CCOC(=O)c1c(NC(=O)CC(c2ccccc2)c2ccccc2)sc(C(=O)N(C)C)c1C. The van der Waals surface area contributed by atoms with Gasteiger partial charge in [-0.15, -0.1) is 11.3 Å². The van der Waals surface area contributed by atoms with Crippen molar-refractivity contribution in [1.29, 1.82) is 0 Å². The monoisotopic (exact) mass is 464 g/mol. The Hall–Kier alpha value is -3.45. The van der Waals surface area contributed by atoms with Crippen molar-refractivity contribution in [3.63, 3.8) is 0 Å². The molecule has 0 aliphatic rings. The van der Waals surface area contributed by atoms with E-state index in [4.69, 9.17) is 4.74 Å². The first-order valence-electron chi connectivity index (χ1n) is 10.7. The fraction of sp³-hybridized carbons (Fsp3) is 0.269. The summed E-state index contributed by atoms with van der Waals surface area (Å²) in [6, 6.07) is 19.7. The van der Waals surface area contributed by atoms with Gasteiger partial charge in [-0.25, -0.2) is 4.79 Å². The normalized spacial score (nSPS) is 10.7. The Morgan fingerprint density at radius 1 is 0.970 bits per heavy atom. The summed E-state index contributed by atoms with van der Waals surface area (Å²) in [6.07, 6.45) is 0.185. The second kappa shape index (κ2) is 10.9. The Balaban J connectivity index is 1.93. The molecule has 33 heavy (non-hydrogen) atoms. The molecule has 2 amide bonds. The lowest BCUT2D eigenvalue weighted by Crippen LogP contribution is -2.21. The van der Waals surface area contributed by atoms with Crippen molar-refractivity contribution < 1.29 is 19.1 Å². The highest BCUT2D eigenvalue weighted by molar-refractivity contribution is 7.18. The molecule has 0 saturated heterocycles. The molecule has 1 heterocycles. The zero-order valence-corrected chi connectivity index (χ0v) is 20.1. The van der Waals surface area contributed by atoms with Gasteiger partial charge >= 0.3 is 5.97 Å². The van der Waals surface area contributed by atoms with Crippen molar-refractivity contribution >= 4 is 34.1 Å². The van der Waals surface area contributed by atoms with Gasteiger partial charge in [-0.1, -0.05) is 60.7 Å². The summed E-state index contributed by atoms with van der Waals surface area (Å²) in [7, 11) is 3.29. The number of rotatable bonds is 8. The minimum atomic E-state index is -0.554. The molecular weight excluding hydrogens is 436 g/mol. The molecule has 0 radical (unpaired) electrons. The number of amides is 2. The van der Waals surface area contributed by atoms with Crippen LogP contribution in [0.3, 0.4) is 0 Å². The molecule has 0 aliphatic heterocycles. The van der Waals surface area contributed by atoms with Crippen LogP contribution in [0.25, 0.3) is 0 Å². The highest BCUT2D eigenvalue weighted by Gasteiger charge is 2.28. The highest BCUT2D eigenvalue weighted by atomic mass is 32.1. The minimum absolute atomic E-state index is 0.151. The molecule has 3 aromatic rings. The van der Waals surface area contributed by atoms with Gasteiger partial charge in [-0.05, 0) is 30.5 Å². The van der Waals surface area contributed by atoms with Crippen LogP contribution in [0.15, 0.2) is 60.7 Å². The van der Waals surface area contributed by atoms with Gasteiger partial charge in [0.05, 0.1) is 17.0 Å². The van der Waals surface area contributed by atoms with E-state index in [-0.39, 0.29) is 36.3 Å². The molecule has 3 rings (SSSR count). The lowest BCUT2D eigenvalue weighted by Gasteiger charge is -2.18. The number of hydrogen-bond acceptors (Lipinski definition) is 5. The molecule has 0 spiro atoms. The second-order valence-electron chi connectivity index (χ2n) is 7.81. The molecular formula is C26H28N2O4S. The van der Waals surface area contributed by atoms with Gasteiger partial charge in [0.15, 0.2) is 0 Å². The maximum atomic E-state index is 13.2. The lowest BCUT2D eigenvalue weighted by molar-refractivity contribution is -0.116. The number of esters is 1. The number of ether oxygens (including phenoxy) is 1. The van der Waals surface area contributed by atoms with Gasteiger partial charge in [-0.3, -0.25) is 9.59 Å². The molecule has 1 N–H and O–H groups in total. The van der Waals surface area contributed by atoms with E-state index < -0.39 is 5.97 Å². The second-order valence-corrected chi connectivity index (χ2v) is 8.83. The Labute approximate surface area is 198 Å². The summed E-state index contributed by atoms with van der Waals surface area (Å²) < 4.78 is 5.20. The van der Waals surface area contributed by atoms with Gasteiger partial charge in [-0.2, -0.15) is 0 Å². The summed E-state index contributed by atoms with van der Waals surface area (Å²) >= 11 is 1.10. The van der Waals surface area contributed by atoms with Crippen molar-refractivity contribution in [3.05, 3.63) is 87.8 Å². The van der Waals surface area contributed by atoms with Crippen LogP contribution in [0, 0.1) is 6.92 Å². The molecule has 0 unspecified atom stereocenters. The van der Waals surface area contributed by atoms with E-state index in [9.17, 15) is 14.4 Å². The van der Waals surface area contributed by atoms with Crippen molar-refractivity contribution in [1.82, 2.24) is 4.90 Å². The Morgan fingerprint density at radius 2 is 1.52 bits per heavy atom. The lowest BCUT2D eigenvalue weighted by atomic mass is 9.88. The smallest absolute Gasteiger partial charge is 0.341 e. The molecule has 6 nitrogen and oxygen atoms in total. The maximum absolute atomic E-state index is 13.2. The Bertz CT molecular complexity index is 1080. The summed E-state index contributed by atoms with van der Waals surface area (Å²) in [4.78, 5) is 40.3. The first-order valence-corrected chi connectivity index (χ1v) is 11.6. The van der Waals surface area contributed by atoms with Crippen LogP contribution in [0.4, 0.5) is 5.00 Å². The van der Waals surface area contributed by atoms with Crippen molar-refractivity contribution in [3.8, 4) is 0 Å². The van der Waals surface area contributed by atoms with E-state index in [1.165, 1.54) is 4.90 Å². The minimum Gasteiger partial charge on any atom is -0.462 e. The number of benzene rings is 2. The standard InChI is InChI=1S/C26H28N2O4S/c1-5-32-26(31)22-17(2)23(25(30)28(3)4)33-24(22)27-21(29)16-20(18-12-8-6-9-13-18)19-14-10-7-11-15-19/h6-15,20H,5,16H2,1-4H3,(H,27,29). The van der Waals surface area contributed by atoms with E-state index >= 15 is 0 Å². The molecule has 1 aromatic heterocycles. The van der Waals surface area contributed by atoms with Crippen LogP contribution in [0.1, 0.15) is 56.0 Å². The molecule has 0 saturated carbocycles. The van der Waals surface area contributed by atoms with Crippen LogP contribution < -0.4 is 5.32 Å². The molecule has 172 valence electrons. The molecule has 0 fully saturated rings. The predicted octanol–water partition coefficient (Wildman–Crippen LogP) is 5.10. The quantitative estimate of drug-likeness (QED) is 0.471. The van der Waals surface area contributed by atoms with Crippen molar-refractivity contribution in [2.75, 3.05) is 26.0 Å². The number of hydrogen-bond donors (Lipinski definition) is 1. The summed E-state index contributed by atoms with van der Waals surface area (Å²) in [5.41, 5.74) is 2.79. The third-order valence-corrected chi connectivity index (χ3v) is 6.47. The molecule has 0 atom stereocenters. The average Bonchev–Trinajstić information content (AvgIpc) is 3.13. The Kier molecular flexibility index (Phi) is 8.01. The van der Waals surface area contributed by atoms with Crippen LogP contribution in [-0.4, -0.2) is 43.4 Å². The van der Waals surface area contributed by atoms with Crippen LogP contribution in [-0.2, 0) is 9.53 Å². The predicted molar refractivity (Wildman–Crippen MR) is 131 cm³/mol. The van der Waals surface area contributed by atoms with Crippen LogP contribution in [0.5, 0.6) is 0 Å². The molecule has 0 aliphatic carbocycles. The topological polar surface area (TPSA) is 75.7 Å². The third-order valence-electron chi connectivity index (χ3n) is 5.27. The number of carbonyl (C=O) groups is 3. The van der Waals surface area contributed by atoms with E-state index in [2.05, 4.69) is 5.32 Å². The molecule has 7 heteroatoms. The van der Waals surface area contributed by atoms with Gasteiger partial charge < -0.3 is 15.0 Å². The van der Waals surface area contributed by atoms with Gasteiger partial charge in [0.25, 0.3) is 5.91 Å².